The van der Waals surface area contributed by atoms with E-state index in [4.69, 9.17) is 11.6 Å². The summed E-state index contributed by atoms with van der Waals surface area (Å²) >= 11 is 8.56. The van der Waals surface area contributed by atoms with Crippen LogP contribution in [0, 0.1) is 3.57 Å². The monoisotopic (exact) mass is 413 g/mol. The first-order valence-corrected chi connectivity index (χ1v) is 8.80. The molecule has 1 N–H and O–H groups in total. The summed E-state index contributed by atoms with van der Waals surface area (Å²) in [5.41, 5.74) is 5.34. The van der Waals surface area contributed by atoms with Crippen LogP contribution in [0.15, 0.2) is 36.4 Å². The minimum Gasteiger partial charge on any atom is -0.309 e. The molecular formula is C18H21ClIN. The van der Waals surface area contributed by atoms with Crippen LogP contribution in [0.5, 0.6) is 0 Å². The summed E-state index contributed by atoms with van der Waals surface area (Å²) in [5, 5.41) is 4.26. The SMILES string of the molecule is CCc1ccc(CC)c(C(NC)c2ccc(I)c(Cl)c2)c1. The average molecular weight is 414 g/mol. The predicted molar refractivity (Wildman–Crippen MR) is 100 cm³/mol. The zero-order chi connectivity index (χ0) is 15.4. The first-order chi connectivity index (χ1) is 10.1. The van der Waals surface area contributed by atoms with Gasteiger partial charge in [-0.1, -0.05) is 49.7 Å². The molecule has 0 saturated heterocycles. The lowest BCUT2D eigenvalue weighted by Crippen LogP contribution is -2.19. The van der Waals surface area contributed by atoms with E-state index in [1.54, 1.807) is 0 Å². The molecule has 2 rings (SSSR count). The van der Waals surface area contributed by atoms with Crippen LogP contribution in [0.3, 0.4) is 0 Å². The van der Waals surface area contributed by atoms with Gasteiger partial charge in [0.15, 0.2) is 0 Å². The number of benzene rings is 2. The quantitative estimate of drug-likeness (QED) is 0.649. The number of nitrogens with one attached hydrogen (secondary N) is 1. The van der Waals surface area contributed by atoms with Gasteiger partial charge in [-0.2, -0.15) is 0 Å². The second-order valence-electron chi connectivity index (χ2n) is 5.14. The highest BCUT2D eigenvalue weighted by Crippen LogP contribution is 2.30. The molecule has 112 valence electrons. The number of aryl methyl sites for hydroxylation is 2. The average Bonchev–Trinajstić information content (AvgIpc) is 2.51. The molecule has 0 fully saturated rings. The van der Waals surface area contributed by atoms with E-state index < -0.39 is 0 Å². The Balaban J connectivity index is 2.51. The van der Waals surface area contributed by atoms with Gasteiger partial charge in [0.25, 0.3) is 0 Å². The van der Waals surface area contributed by atoms with Crippen molar-refractivity contribution >= 4 is 34.2 Å². The highest BCUT2D eigenvalue weighted by atomic mass is 127. The molecule has 0 heterocycles. The Labute approximate surface area is 146 Å². The van der Waals surface area contributed by atoms with Crippen LogP contribution in [0.2, 0.25) is 5.02 Å². The van der Waals surface area contributed by atoms with Gasteiger partial charge < -0.3 is 5.32 Å². The lowest BCUT2D eigenvalue weighted by Gasteiger charge is -2.22. The van der Waals surface area contributed by atoms with E-state index >= 15 is 0 Å². The molecule has 0 radical (unpaired) electrons. The smallest absolute Gasteiger partial charge is 0.0577 e. The van der Waals surface area contributed by atoms with Crippen molar-refractivity contribution < 1.29 is 0 Å². The summed E-state index contributed by atoms with van der Waals surface area (Å²) in [7, 11) is 2.01. The zero-order valence-corrected chi connectivity index (χ0v) is 15.6. The number of halogens is 2. The zero-order valence-electron chi connectivity index (χ0n) is 12.7. The van der Waals surface area contributed by atoms with Crippen molar-refractivity contribution in [2.45, 2.75) is 32.7 Å². The minimum absolute atomic E-state index is 0.181. The van der Waals surface area contributed by atoms with E-state index in [1.807, 2.05) is 7.05 Å². The Morgan fingerprint density at radius 2 is 1.86 bits per heavy atom. The van der Waals surface area contributed by atoms with E-state index in [1.165, 1.54) is 22.3 Å². The lowest BCUT2D eigenvalue weighted by molar-refractivity contribution is 0.683. The third-order valence-electron chi connectivity index (χ3n) is 3.88. The Hall–Kier alpha value is -0.580. The molecule has 0 aliphatic rings. The molecule has 1 unspecified atom stereocenters. The van der Waals surface area contributed by atoms with E-state index in [2.05, 4.69) is 78.2 Å². The first kappa shape index (κ1) is 16.8. The van der Waals surface area contributed by atoms with Gasteiger partial charge in [0.1, 0.15) is 0 Å². The lowest BCUT2D eigenvalue weighted by atomic mass is 9.91. The van der Waals surface area contributed by atoms with Gasteiger partial charge in [-0.15, -0.1) is 0 Å². The van der Waals surface area contributed by atoms with Crippen molar-refractivity contribution in [3.8, 4) is 0 Å². The molecular weight excluding hydrogens is 393 g/mol. The van der Waals surface area contributed by atoms with Gasteiger partial charge in [0.05, 0.1) is 11.1 Å². The summed E-state index contributed by atoms with van der Waals surface area (Å²) in [5.74, 6) is 0. The maximum atomic E-state index is 6.30. The summed E-state index contributed by atoms with van der Waals surface area (Å²) in [6, 6.07) is 13.3. The molecule has 0 saturated carbocycles. The second kappa shape index (κ2) is 7.61. The Morgan fingerprint density at radius 1 is 1.10 bits per heavy atom. The summed E-state index contributed by atoms with van der Waals surface area (Å²) in [6.45, 7) is 4.40. The first-order valence-electron chi connectivity index (χ1n) is 7.34. The van der Waals surface area contributed by atoms with Crippen molar-refractivity contribution in [1.82, 2.24) is 5.32 Å². The minimum atomic E-state index is 0.181. The van der Waals surface area contributed by atoms with Crippen LogP contribution in [0.1, 0.15) is 42.1 Å². The number of rotatable bonds is 5. The van der Waals surface area contributed by atoms with Crippen LogP contribution >= 0.6 is 34.2 Å². The number of hydrogen-bond acceptors (Lipinski definition) is 1. The predicted octanol–water partition coefficient (Wildman–Crippen LogP) is 5.38. The fourth-order valence-corrected chi connectivity index (χ4v) is 3.17. The van der Waals surface area contributed by atoms with Gasteiger partial charge in [0.2, 0.25) is 0 Å². The van der Waals surface area contributed by atoms with Crippen LogP contribution < -0.4 is 5.32 Å². The van der Waals surface area contributed by atoms with Gasteiger partial charge in [0, 0.05) is 3.57 Å². The fourth-order valence-electron chi connectivity index (χ4n) is 2.65. The molecule has 1 nitrogen and oxygen atoms in total. The Bertz CT molecular complexity index is 625. The molecule has 1 atom stereocenters. The summed E-state index contributed by atoms with van der Waals surface area (Å²) in [6.07, 6.45) is 2.09. The highest BCUT2D eigenvalue weighted by Gasteiger charge is 2.16. The molecule has 0 aliphatic carbocycles. The van der Waals surface area contributed by atoms with Crippen molar-refractivity contribution in [3.05, 3.63) is 67.2 Å². The maximum Gasteiger partial charge on any atom is 0.0577 e. The molecule has 21 heavy (non-hydrogen) atoms. The van der Waals surface area contributed by atoms with E-state index in [0.29, 0.717) is 0 Å². The largest absolute Gasteiger partial charge is 0.309 e. The number of hydrogen-bond donors (Lipinski definition) is 1. The van der Waals surface area contributed by atoms with E-state index in [9.17, 15) is 0 Å². The van der Waals surface area contributed by atoms with E-state index in [0.717, 1.165) is 21.4 Å². The molecule has 0 aliphatic heterocycles. The highest BCUT2D eigenvalue weighted by molar-refractivity contribution is 14.1. The molecule has 3 heteroatoms. The normalized spacial score (nSPS) is 12.4. The van der Waals surface area contributed by atoms with Crippen molar-refractivity contribution in [1.29, 1.82) is 0 Å². The van der Waals surface area contributed by atoms with Crippen LogP contribution in [0.25, 0.3) is 0 Å². The molecule has 0 amide bonds. The van der Waals surface area contributed by atoms with Crippen molar-refractivity contribution in [3.63, 3.8) is 0 Å². The van der Waals surface area contributed by atoms with Gasteiger partial charge in [-0.25, -0.2) is 0 Å². The maximum absolute atomic E-state index is 6.30. The summed E-state index contributed by atoms with van der Waals surface area (Å²) < 4.78 is 1.09. The topological polar surface area (TPSA) is 12.0 Å². The third kappa shape index (κ3) is 3.79. The van der Waals surface area contributed by atoms with Gasteiger partial charge in [-0.3, -0.25) is 0 Å². The van der Waals surface area contributed by atoms with Gasteiger partial charge >= 0.3 is 0 Å². The van der Waals surface area contributed by atoms with Crippen molar-refractivity contribution in [2.75, 3.05) is 7.05 Å². The van der Waals surface area contributed by atoms with Crippen LogP contribution in [-0.2, 0) is 12.8 Å². The molecule has 0 spiro atoms. The molecule has 0 bridgehead atoms. The van der Waals surface area contributed by atoms with Gasteiger partial charge in [-0.05, 0) is 76.9 Å². The van der Waals surface area contributed by atoms with Crippen LogP contribution in [-0.4, -0.2) is 7.05 Å². The molecule has 0 aromatic heterocycles. The Kier molecular flexibility index (Phi) is 6.08. The molecule has 2 aromatic rings. The second-order valence-corrected chi connectivity index (χ2v) is 6.70. The summed E-state index contributed by atoms with van der Waals surface area (Å²) in [4.78, 5) is 0. The third-order valence-corrected chi connectivity index (χ3v) is 5.45. The van der Waals surface area contributed by atoms with Crippen molar-refractivity contribution in [2.24, 2.45) is 0 Å². The van der Waals surface area contributed by atoms with Crippen LogP contribution in [0.4, 0.5) is 0 Å². The molecule has 2 aromatic carbocycles. The standard InChI is InChI=1S/C18H21ClIN/c1-4-12-6-7-13(5-2)15(10-12)18(21-3)14-8-9-17(20)16(19)11-14/h6-11,18,21H,4-5H2,1-3H3. The fraction of sp³-hybridized carbons (Fsp3) is 0.333. The Morgan fingerprint density at radius 3 is 2.43 bits per heavy atom. The van der Waals surface area contributed by atoms with E-state index in [-0.39, 0.29) is 6.04 Å².